The van der Waals surface area contributed by atoms with Gasteiger partial charge in [0.25, 0.3) is 5.91 Å². The summed E-state index contributed by atoms with van der Waals surface area (Å²) in [7, 11) is 1.59. The average Bonchev–Trinajstić information content (AvgIpc) is 2.57. The first-order chi connectivity index (χ1) is 11.1. The van der Waals surface area contributed by atoms with Gasteiger partial charge in [-0.3, -0.25) is 14.4 Å². The number of amides is 1. The third-order valence-corrected chi connectivity index (χ3v) is 4.31. The van der Waals surface area contributed by atoms with Crippen LogP contribution in [-0.2, 0) is 14.4 Å². The van der Waals surface area contributed by atoms with Gasteiger partial charge in [-0.25, -0.2) is 0 Å². The van der Waals surface area contributed by atoms with Gasteiger partial charge in [0.1, 0.15) is 11.4 Å². The summed E-state index contributed by atoms with van der Waals surface area (Å²) in [6.45, 7) is 0. The highest BCUT2D eigenvalue weighted by molar-refractivity contribution is 8.08. The molecule has 1 heterocycles. The van der Waals surface area contributed by atoms with E-state index in [0.717, 1.165) is 23.2 Å². The second kappa shape index (κ2) is 6.13. The number of carbonyl (C=O) groups excluding carboxylic acids is 3. The minimum atomic E-state index is -0.689. The molecule has 0 saturated carbocycles. The van der Waals surface area contributed by atoms with Gasteiger partial charge in [-0.2, -0.15) is 0 Å². The molecule has 0 unspecified atom stereocenters. The molecule has 6 nitrogen and oxygen atoms in total. The number of Topliss-reactive ketones (excluding diaryl/α,β-unsaturated/α-hetero) is 1. The molecule has 23 heavy (non-hydrogen) atoms. The van der Waals surface area contributed by atoms with Crippen LogP contribution in [0.25, 0.3) is 0 Å². The van der Waals surface area contributed by atoms with Crippen LogP contribution in [0.5, 0.6) is 5.75 Å². The number of nitrogens with one attached hydrogen (secondary N) is 2. The molecule has 0 fully saturated rings. The highest BCUT2D eigenvalue weighted by Crippen LogP contribution is 2.34. The maximum atomic E-state index is 12.0. The molecule has 1 aromatic carbocycles. The molecule has 7 heteroatoms. The van der Waals surface area contributed by atoms with E-state index in [9.17, 15) is 14.4 Å². The van der Waals surface area contributed by atoms with Gasteiger partial charge < -0.3 is 15.4 Å². The summed E-state index contributed by atoms with van der Waals surface area (Å²) in [4.78, 5) is 36.0. The second-order valence-corrected chi connectivity index (χ2v) is 5.79. The van der Waals surface area contributed by atoms with E-state index >= 15 is 0 Å². The summed E-state index contributed by atoms with van der Waals surface area (Å²) in [5.41, 5.74) is 0.839. The summed E-state index contributed by atoms with van der Waals surface area (Å²) in [5.74, 6) is -1.01. The molecular formula is C16H12N2O4S. The van der Waals surface area contributed by atoms with E-state index in [1.807, 2.05) is 12.1 Å². The van der Waals surface area contributed by atoms with E-state index in [1.54, 1.807) is 25.4 Å². The van der Waals surface area contributed by atoms with E-state index in [0.29, 0.717) is 9.81 Å². The summed E-state index contributed by atoms with van der Waals surface area (Å²) in [6, 6.07) is 7.22. The number of hydrogen-bond acceptors (Lipinski definition) is 6. The number of anilines is 1. The van der Waals surface area contributed by atoms with Gasteiger partial charge in [0.15, 0.2) is 0 Å². The van der Waals surface area contributed by atoms with Crippen molar-refractivity contribution >= 4 is 34.9 Å². The molecule has 3 rings (SSSR count). The Morgan fingerprint density at radius 1 is 1.13 bits per heavy atom. The number of allylic oxidation sites excluding steroid dienone is 3. The minimum absolute atomic E-state index is 0.0501. The number of carbonyl (C=O) groups is 3. The van der Waals surface area contributed by atoms with Crippen molar-refractivity contribution in [3.8, 4) is 5.75 Å². The SMILES string of the molecule is COc1ccc(NC=C2SC3=C(NC2=O)C(=O)C(=O)C=C3)cc1. The molecule has 0 radical (unpaired) electrons. The largest absolute Gasteiger partial charge is 0.497 e. The maximum Gasteiger partial charge on any atom is 0.264 e. The van der Waals surface area contributed by atoms with E-state index in [2.05, 4.69) is 10.6 Å². The van der Waals surface area contributed by atoms with Gasteiger partial charge in [0.2, 0.25) is 11.6 Å². The Bertz CT molecular complexity index is 791. The summed E-state index contributed by atoms with van der Waals surface area (Å²) < 4.78 is 5.07. The fourth-order valence-corrected chi connectivity index (χ4v) is 2.90. The topological polar surface area (TPSA) is 84.5 Å². The molecule has 1 amide bonds. The first-order valence-electron chi connectivity index (χ1n) is 6.69. The fourth-order valence-electron chi connectivity index (χ4n) is 2.02. The highest BCUT2D eigenvalue weighted by atomic mass is 32.2. The van der Waals surface area contributed by atoms with Crippen LogP contribution in [0.4, 0.5) is 5.69 Å². The van der Waals surface area contributed by atoms with Crippen LogP contribution < -0.4 is 15.4 Å². The van der Waals surface area contributed by atoms with Crippen LogP contribution in [0, 0.1) is 0 Å². The Balaban J connectivity index is 1.77. The lowest BCUT2D eigenvalue weighted by atomic mass is 10.1. The Morgan fingerprint density at radius 2 is 1.87 bits per heavy atom. The Hall–Kier alpha value is -2.80. The van der Waals surface area contributed by atoms with Crippen LogP contribution >= 0.6 is 11.8 Å². The number of ketones is 2. The zero-order valence-corrected chi connectivity index (χ0v) is 12.9. The van der Waals surface area contributed by atoms with Gasteiger partial charge in [-0.15, -0.1) is 0 Å². The number of thioether (sulfide) groups is 1. The van der Waals surface area contributed by atoms with Gasteiger partial charge in [0, 0.05) is 16.8 Å². The van der Waals surface area contributed by atoms with Gasteiger partial charge in [0.05, 0.1) is 12.0 Å². The molecule has 1 aromatic rings. The number of rotatable bonds is 3. The second-order valence-electron chi connectivity index (χ2n) is 4.70. The lowest BCUT2D eigenvalue weighted by molar-refractivity contribution is -0.132. The molecular weight excluding hydrogens is 316 g/mol. The lowest BCUT2D eigenvalue weighted by Gasteiger charge is -2.21. The monoisotopic (exact) mass is 328 g/mol. The van der Waals surface area contributed by atoms with Crippen LogP contribution in [0.3, 0.4) is 0 Å². The van der Waals surface area contributed by atoms with Crippen molar-refractivity contribution in [3.63, 3.8) is 0 Å². The zero-order valence-electron chi connectivity index (χ0n) is 12.1. The summed E-state index contributed by atoms with van der Waals surface area (Å²) in [6.07, 6.45) is 4.30. The van der Waals surface area contributed by atoms with Gasteiger partial charge in [-0.05, 0) is 36.4 Å². The quantitative estimate of drug-likeness (QED) is 0.499. The third kappa shape index (κ3) is 3.04. The molecule has 0 bridgehead atoms. The summed E-state index contributed by atoms with van der Waals surface area (Å²) >= 11 is 1.14. The van der Waals surface area contributed by atoms with Crippen LogP contribution in [-0.4, -0.2) is 24.6 Å². The van der Waals surface area contributed by atoms with Crippen molar-refractivity contribution in [2.75, 3.05) is 12.4 Å². The van der Waals surface area contributed by atoms with E-state index < -0.39 is 17.5 Å². The zero-order chi connectivity index (χ0) is 16.4. The van der Waals surface area contributed by atoms with E-state index in [-0.39, 0.29) is 5.70 Å². The Morgan fingerprint density at radius 3 is 2.57 bits per heavy atom. The average molecular weight is 328 g/mol. The van der Waals surface area contributed by atoms with Crippen molar-refractivity contribution in [2.45, 2.75) is 0 Å². The predicted molar refractivity (Wildman–Crippen MR) is 86.6 cm³/mol. The van der Waals surface area contributed by atoms with Crippen LogP contribution in [0.1, 0.15) is 0 Å². The predicted octanol–water partition coefficient (Wildman–Crippen LogP) is 1.73. The normalized spacial score (nSPS) is 18.8. The van der Waals surface area contributed by atoms with Crippen molar-refractivity contribution in [1.82, 2.24) is 5.32 Å². The third-order valence-electron chi connectivity index (χ3n) is 3.23. The van der Waals surface area contributed by atoms with Gasteiger partial charge in [-0.1, -0.05) is 11.8 Å². The first kappa shape index (κ1) is 15.1. The Labute approximate surface area is 136 Å². The van der Waals surface area contributed by atoms with E-state index in [4.69, 9.17) is 4.74 Å². The smallest absolute Gasteiger partial charge is 0.264 e. The molecule has 0 aromatic heterocycles. The number of hydrogen-bond donors (Lipinski definition) is 2. The molecule has 0 saturated heterocycles. The molecule has 0 spiro atoms. The maximum absolute atomic E-state index is 12.0. The Kier molecular flexibility index (Phi) is 4.03. The number of methoxy groups -OCH3 is 1. The molecule has 2 aliphatic rings. The van der Waals surface area contributed by atoms with Crippen molar-refractivity contribution in [3.05, 3.63) is 58.1 Å². The molecule has 1 aliphatic carbocycles. The number of ether oxygens (including phenoxy) is 1. The van der Waals surface area contributed by atoms with Crippen LogP contribution in [0.15, 0.2) is 58.1 Å². The molecule has 2 N–H and O–H groups in total. The molecule has 116 valence electrons. The minimum Gasteiger partial charge on any atom is -0.497 e. The highest BCUT2D eigenvalue weighted by Gasteiger charge is 2.31. The lowest BCUT2D eigenvalue weighted by Crippen LogP contribution is -2.36. The summed E-state index contributed by atoms with van der Waals surface area (Å²) in [5, 5.41) is 5.49. The van der Waals surface area contributed by atoms with E-state index in [1.165, 1.54) is 12.2 Å². The standard InChI is InChI=1S/C16H12N2O4S/c1-22-10-4-2-9(3-5-10)17-8-13-16(21)18-14-12(23-13)7-6-11(19)15(14)20/h2-8,17H,1H3,(H,18,21). The molecule has 0 atom stereocenters. The first-order valence-corrected chi connectivity index (χ1v) is 7.51. The van der Waals surface area contributed by atoms with Crippen molar-refractivity contribution < 1.29 is 19.1 Å². The van der Waals surface area contributed by atoms with Crippen molar-refractivity contribution in [1.29, 1.82) is 0 Å². The fraction of sp³-hybridized carbons (Fsp3) is 0.0625. The molecule has 1 aliphatic heterocycles. The van der Waals surface area contributed by atoms with Crippen molar-refractivity contribution in [2.24, 2.45) is 0 Å². The number of benzene rings is 1. The van der Waals surface area contributed by atoms with Gasteiger partial charge >= 0.3 is 0 Å². The van der Waals surface area contributed by atoms with Crippen LogP contribution in [0.2, 0.25) is 0 Å².